The van der Waals surface area contributed by atoms with Crippen molar-refractivity contribution in [3.05, 3.63) is 29.8 Å². The van der Waals surface area contributed by atoms with E-state index in [0.717, 1.165) is 56.4 Å². The van der Waals surface area contributed by atoms with Crippen LogP contribution in [-0.2, 0) is 9.53 Å². The summed E-state index contributed by atoms with van der Waals surface area (Å²) >= 11 is 0. The summed E-state index contributed by atoms with van der Waals surface area (Å²) in [7, 11) is 3.83. The lowest BCUT2D eigenvalue weighted by Crippen LogP contribution is -2.39. The van der Waals surface area contributed by atoms with Gasteiger partial charge in [-0.15, -0.1) is 24.0 Å². The first-order chi connectivity index (χ1) is 13.1. The number of carbonyl (C=O) groups is 1. The Kier molecular flexibility index (Phi) is 12.1. The Bertz CT molecular complexity index is 626. The number of aliphatic imine (C=N–C) groups is 1. The molecule has 1 amide bonds. The highest BCUT2D eigenvalue weighted by Gasteiger charge is 2.24. The predicted molar refractivity (Wildman–Crippen MR) is 126 cm³/mol. The number of rotatable bonds is 10. The minimum atomic E-state index is 0. The van der Waals surface area contributed by atoms with Crippen LogP contribution in [0.1, 0.15) is 31.2 Å². The van der Waals surface area contributed by atoms with Gasteiger partial charge in [0.15, 0.2) is 5.96 Å². The summed E-state index contributed by atoms with van der Waals surface area (Å²) in [4.78, 5) is 18.9. The average Bonchev–Trinajstić information content (AvgIpc) is 2.67. The fourth-order valence-corrected chi connectivity index (χ4v) is 3.12. The van der Waals surface area contributed by atoms with E-state index >= 15 is 0 Å². The first kappa shape index (κ1) is 24.6. The maximum absolute atomic E-state index is 12.0. The quantitative estimate of drug-likeness (QED) is 0.198. The van der Waals surface area contributed by atoms with Gasteiger partial charge < -0.3 is 25.6 Å². The van der Waals surface area contributed by atoms with Gasteiger partial charge in [0.2, 0.25) is 5.91 Å². The van der Waals surface area contributed by atoms with Gasteiger partial charge in [0.05, 0.1) is 13.2 Å². The molecule has 1 heterocycles. The van der Waals surface area contributed by atoms with Crippen molar-refractivity contribution < 1.29 is 9.53 Å². The number of guanidine groups is 1. The van der Waals surface area contributed by atoms with Crippen LogP contribution in [0.3, 0.4) is 0 Å². The van der Waals surface area contributed by atoms with Crippen molar-refractivity contribution in [2.75, 3.05) is 58.8 Å². The molecule has 1 aliphatic rings. The molecule has 0 saturated heterocycles. The maximum Gasteiger partial charge on any atom is 0.225 e. The van der Waals surface area contributed by atoms with E-state index in [1.54, 1.807) is 7.11 Å². The summed E-state index contributed by atoms with van der Waals surface area (Å²) in [5.74, 6) is 0.983. The van der Waals surface area contributed by atoms with Gasteiger partial charge in [-0.1, -0.05) is 18.2 Å². The third-order valence-electron chi connectivity index (χ3n) is 4.61. The third kappa shape index (κ3) is 8.32. The number of ether oxygens (including phenoxy) is 1. The minimum Gasteiger partial charge on any atom is -0.383 e. The molecule has 0 radical (unpaired) electrons. The molecule has 0 aromatic heterocycles. The molecular weight excluding hydrogens is 469 g/mol. The molecular formula is C20H34IN5O2. The number of carbonyl (C=O) groups excluding carboxylic acids is 1. The van der Waals surface area contributed by atoms with E-state index in [-0.39, 0.29) is 35.8 Å². The average molecular weight is 503 g/mol. The number of fused-ring (bicyclic) bond motifs is 1. The van der Waals surface area contributed by atoms with Crippen molar-refractivity contribution in [3.8, 4) is 0 Å². The molecule has 0 spiro atoms. The van der Waals surface area contributed by atoms with Crippen LogP contribution in [0, 0.1) is 0 Å². The first-order valence-corrected chi connectivity index (χ1v) is 9.72. The summed E-state index contributed by atoms with van der Waals surface area (Å²) < 4.78 is 5.10. The summed E-state index contributed by atoms with van der Waals surface area (Å²) in [6.45, 7) is 7.00. The monoisotopic (exact) mass is 503 g/mol. The lowest BCUT2D eigenvalue weighted by molar-refractivity contribution is -0.116. The van der Waals surface area contributed by atoms with Crippen molar-refractivity contribution in [2.45, 2.75) is 25.7 Å². The molecule has 1 aromatic rings. The second-order valence-corrected chi connectivity index (χ2v) is 6.83. The van der Waals surface area contributed by atoms with Crippen molar-refractivity contribution in [1.82, 2.24) is 15.5 Å². The van der Waals surface area contributed by atoms with Crippen LogP contribution < -0.4 is 16.0 Å². The lowest BCUT2D eigenvalue weighted by Gasteiger charge is -2.24. The van der Waals surface area contributed by atoms with Crippen LogP contribution in [0.15, 0.2) is 29.3 Å². The SMILES string of the molecule is CCNC(=NCC1CC(=O)Nc2ccccc21)NCCCN(C)CCOC.I. The van der Waals surface area contributed by atoms with Gasteiger partial charge in [0, 0.05) is 44.8 Å². The van der Waals surface area contributed by atoms with Gasteiger partial charge in [0.25, 0.3) is 0 Å². The second kappa shape index (κ2) is 13.7. The number of methoxy groups -OCH3 is 1. The number of amides is 1. The number of likely N-dealkylation sites (N-methyl/N-ethyl adjacent to an activating group) is 1. The first-order valence-electron chi connectivity index (χ1n) is 9.72. The summed E-state index contributed by atoms with van der Waals surface area (Å²) in [6.07, 6.45) is 1.50. The number of nitrogens with one attached hydrogen (secondary N) is 3. The number of halogens is 1. The normalized spacial score (nSPS) is 16.2. The molecule has 158 valence electrons. The number of hydrogen-bond donors (Lipinski definition) is 3. The number of hydrogen-bond acceptors (Lipinski definition) is 4. The third-order valence-corrected chi connectivity index (χ3v) is 4.61. The van der Waals surface area contributed by atoms with Gasteiger partial charge in [-0.05, 0) is 38.6 Å². The highest BCUT2D eigenvalue weighted by molar-refractivity contribution is 14.0. The zero-order valence-corrected chi connectivity index (χ0v) is 19.5. The van der Waals surface area contributed by atoms with Crippen molar-refractivity contribution in [3.63, 3.8) is 0 Å². The van der Waals surface area contributed by atoms with E-state index in [1.807, 2.05) is 18.2 Å². The van der Waals surface area contributed by atoms with E-state index in [0.29, 0.717) is 13.0 Å². The zero-order chi connectivity index (χ0) is 19.5. The molecule has 28 heavy (non-hydrogen) atoms. The molecule has 8 heteroatoms. The fraction of sp³-hybridized carbons (Fsp3) is 0.600. The van der Waals surface area contributed by atoms with E-state index in [2.05, 4.69) is 40.9 Å². The van der Waals surface area contributed by atoms with E-state index in [4.69, 9.17) is 9.73 Å². The van der Waals surface area contributed by atoms with E-state index in [1.165, 1.54) is 0 Å². The van der Waals surface area contributed by atoms with Crippen molar-refractivity contribution in [1.29, 1.82) is 0 Å². The molecule has 0 fully saturated rings. The van der Waals surface area contributed by atoms with E-state index < -0.39 is 0 Å². The number of para-hydroxylation sites is 1. The van der Waals surface area contributed by atoms with Crippen LogP contribution in [0.4, 0.5) is 5.69 Å². The minimum absolute atomic E-state index is 0. The van der Waals surface area contributed by atoms with Crippen LogP contribution in [0.2, 0.25) is 0 Å². The number of nitrogens with zero attached hydrogens (tertiary/aromatic N) is 2. The molecule has 0 aliphatic carbocycles. The molecule has 2 rings (SSSR count). The highest BCUT2D eigenvalue weighted by atomic mass is 127. The Labute approximate surface area is 185 Å². The Morgan fingerprint density at radius 1 is 1.32 bits per heavy atom. The molecule has 0 saturated carbocycles. The molecule has 1 aromatic carbocycles. The topological polar surface area (TPSA) is 78.0 Å². The Morgan fingerprint density at radius 2 is 2.11 bits per heavy atom. The van der Waals surface area contributed by atoms with Crippen LogP contribution in [0.5, 0.6) is 0 Å². The number of anilines is 1. The summed E-state index contributed by atoms with van der Waals surface area (Å²) in [5.41, 5.74) is 2.07. The van der Waals surface area contributed by atoms with Gasteiger partial charge in [-0.3, -0.25) is 9.79 Å². The molecule has 3 N–H and O–H groups in total. The van der Waals surface area contributed by atoms with Gasteiger partial charge in [-0.25, -0.2) is 0 Å². The smallest absolute Gasteiger partial charge is 0.225 e. The summed E-state index contributed by atoms with van der Waals surface area (Å²) in [6, 6.07) is 7.98. The molecule has 7 nitrogen and oxygen atoms in total. The van der Waals surface area contributed by atoms with Gasteiger partial charge in [-0.2, -0.15) is 0 Å². The molecule has 1 aliphatic heterocycles. The van der Waals surface area contributed by atoms with Gasteiger partial charge >= 0.3 is 0 Å². The lowest BCUT2D eigenvalue weighted by atomic mass is 9.91. The maximum atomic E-state index is 12.0. The highest BCUT2D eigenvalue weighted by Crippen LogP contribution is 2.31. The van der Waals surface area contributed by atoms with Gasteiger partial charge in [0.1, 0.15) is 0 Å². The Hall–Kier alpha value is -1.39. The predicted octanol–water partition coefficient (Wildman–Crippen LogP) is 2.25. The molecule has 1 unspecified atom stereocenters. The Morgan fingerprint density at radius 3 is 2.86 bits per heavy atom. The Balaban J connectivity index is 0.00000392. The van der Waals surface area contributed by atoms with Crippen molar-refractivity contribution >= 4 is 41.5 Å². The van der Waals surface area contributed by atoms with Crippen LogP contribution in [-0.4, -0.2) is 70.3 Å². The second-order valence-electron chi connectivity index (χ2n) is 6.83. The van der Waals surface area contributed by atoms with E-state index in [9.17, 15) is 4.79 Å². The zero-order valence-electron chi connectivity index (χ0n) is 17.2. The molecule has 0 bridgehead atoms. The fourth-order valence-electron chi connectivity index (χ4n) is 3.12. The number of benzene rings is 1. The van der Waals surface area contributed by atoms with Crippen LogP contribution in [0.25, 0.3) is 0 Å². The van der Waals surface area contributed by atoms with Crippen molar-refractivity contribution in [2.24, 2.45) is 4.99 Å². The van der Waals surface area contributed by atoms with Crippen LogP contribution >= 0.6 is 24.0 Å². The standard InChI is InChI=1S/C20H33N5O2.HI/c1-4-21-20(22-10-7-11-25(2)12-13-27-3)23-15-16-14-19(26)24-18-9-6-5-8-17(16)18;/h5-6,8-9,16H,4,7,10-15H2,1-3H3,(H,24,26)(H2,21,22,23);1H. The largest absolute Gasteiger partial charge is 0.383 e. The summed E-state index contributed by atoms with van der Waals surface area (Å²) in [5, 5.41) is 9.61. The molecule has 1 atom stereocenters.